The largest absolute Gasteiger partial charge is 0.348 e. The Bertz CT molecular complexity index is 1070. The minimum Gasteiger partial charge on any atom is -0.348 e. The van der Waals surface area contributed by atoms with E-state index in [1.54, 1.807) is 17.4 Å². The zero-order chi connectivity index (χ0) is 22.1. The number of rotatable bonds is 9. The predicted octanol–water partition coefficient (Wildman–Crippen LogP) is 1.95. The summed E-state index contributed by atoms with van der Waals surface area (Å²) in [6, 6.07) is 4.27. The lowest BCUT2D eigenvalue weighted by atomic mass is 10.1. The van der Waals surface area contributed by atoms with Gasteiger partial charge in [0.1, 0.15) is 15.9 Å². The van der Waals surface area contributed by atoms with Crippen molar-refractivity contribution >= 4 is 38.9 Å². The number of thiophene rings is 1. The molecule has 162 valence electrons. The van der Waals surface area contributed by atoms with Crippen LogP contribution in [0.25, 0.3) is 0 Å². The maximum Gasteiger partial charge on any atom is 0.325 e. The zero-order valence-electron chi connectivity index (χ0n) is 17.2. The maximum atomic E-state index is 12.9. The van der Waals surface area contributed by atoms with Gasteiger partial charge in [-0.05, 0) is 44.2 Å². The Balaban J connectivity index is 1.67. The molecule has 0 radical (unpaired) electrons. The first kappa shape index (κ1) is 22.2. The molecule has 0 aliphatic carbocycles. The summed E-state index contributed by atoms with van der Waals surface area (Å²) in [6.45, 7) is 4.15. The van der Waals surface area contributed by atoms with Crippen molar-refractivity contribution < 1.29 is 22.8 Å². The second-order valence-corrected chi connectivity index (χ2v) is 10.8. The number of sulfone groups is 1. The fourth-order valence-electron chi connectivity index (χ4n) is 3.59. The van der Waals surface area contributed by atoms with E-state index in [4.69, 9.17) is 0 Å². The van der Waals surface area contributed by atoms with Gasteiger partial charge < -0.3 is 9.88 Å². The number of urea groups is 1. The van der Waals surface area contributed by atoms with Crippen LogP contribution in [0, 0.1) is 13.8 Å². The number of hydrogen-bond donors (Lipinski definition) is 1. The van der Waals surface area contributed by atoms with E-state index in [2.05, 4.69) is 16.0 Å². The molecular weight excluding hydrogens is 426 g/mol. The molecule has 2 aromatic heterocycles. The molecule has 1 saturated heterocycles. The smallest absolute Gasteiger partial charge is 0.325 e. The highest BCUT2D eigenvalue weighted by Gasteiger charge is 2.39. The van der Waals surface area contributed by atoms with Crippen LogP contribution in [0.2, 0.25) is 0 Å². The summed E-state index contributed by atoms with van der Waals surface area (Å²) in [4.78, 5) is 39.6. The Morgan fingerprint density at radius 2 is 2.00 bits per heavy atom. The summed E-state index contributed by atoms with van der Waals surface area (Å²) < 4.78 is 24.7. The fraction of sp³-hybridized carbons (Fsp3) is 0.450. The number of amides is 3. The van der Waals surface area contributed by atoms with Gasteiger partial charge >= 0.3 is 6.03 Å². The van der Waals surface area contributed by atoms with Gasteiger partial charge in [-0.25, -0.2) is 13.2 Å². The first-order valence-electron chi connectivity index (χ1n) is 9.58. The Hall–Kier alpha value is -2.46. The second-order valence-electron chi connectivity index (χ2n) is 7.53. The monoisotopic (exact) mass is 451 g/mol. The van der Waals surface area contributed by atoms with Crippen molar-refractivity contribution in [2.75, 3.05) is 18.6 Å². The summed E-state index contributed by atoms with van der Waals surface area (Å²) in [5.74, 6) is -1.10. The highest BCUT2D eigenvalue weighted by Crippen LogP contribution is 2.20. The molecule has 3 heterocycles. The van der Waals surface area contributed by atoms with Crippen LogP contribution >= 0.6 is 11.3 Å². The van der Waals surface area contributed by atoms with E-state index in [-0.39, 0.29) is 24.5 Å². The highest BCUT2D eigenvalue weighted by atomic mass is 32.2. The standard InChI is InChI=1S/C20H25N3O5S2/c1-13-11-16(14(2)22(13)8-6-15-5-4-9-29-15)18(24)12-23-19(25)17(21-20(23)26)7-10-30(3,27)28/h4-5,9,11,17H,6-8,10,12H2,1-3H3,(H,21,26). The quantitative estimate of drug-likeness (QED) is 0.463. The minimum absolute atomic E-state index is 0.00860. The topological polar surface area (TPSA) is 106 Å². The summed E-state index contributed by atoms with van der Waals surface area (Å²) in [5, 5.41) is 4.50. The van der Waals surface area contributed by atoms with Crippen molar-refractivity contribution in [2.45, 2.75) is 39.3 Å². The molecule has 3 rings (SSSR count). The SMILES string of the molecule is Cc1cc(C(=O)CN2C(=O)NC(CCS(C)(=O)=O)C2=O)c(C)n1CCc1cccs1. The maximum absolute atomic E-state index is 12.9. The molecular formula is C20H25N3O5S2. The third-order valence-electron chi connectivity index (χ3n) is 5.22. The lowest BCUT2D eigenvalue weighted by molar-refractivity contribution is -0.127. The van der Waals surface area contributed by atoms with Crippen molar-refractivity contribution in [1.29, 1.82) is 0 Å². The van der Waals surface area contributed by atoms with Gasteiger partial charge in [-0.3, -0.25) is 14.5 Å². The van der Waals surface area contributed by atoms with E-state index in [0.29, 0.717) is 5.56 Å². The average molecular weight is 452 g/mol. The number of Topliss-reactive ketones (excluding diaryl/α,β-unsaturated/α-hetero) is 1. The van der Waals surface area contributed by atoms with Crippen LogP contribution in [0.4, 0.5) is 4.79 Å². The molecule has 3 amide bonds. The van der Waals surface area contributed by atoms with Gasteiger partial charge in [0.15, 0.2) is 5.78 Å². The van der Waals surface area contributed by atoms with E-state index in [1.807, 2.05) is 25.3 Å². The number of aryl methyl sites for hydroxylation is 2. The van der Waals surface area contributed by atoms with Gasteiger partial charge in [-0.1, -0.05) is 6.07 Å². The van der Waals surface area contributed by atoms with Crippen molar-refractivity contribution in [1.82, 2.24) is 14.8 Å². The molecule has 0 spiro atoms. The number of imide groups is 1. The number of hydrogen-bond acceptors (Lipinski definition) is 6. The lowest BCUT2D eigenvalue weighted by Crippen LogP contribution is -2.36. The molecule has 2 aromatic rings. The Labute approximate surface area is 179 Å². The number of aromatic nitrogens is 1. The predicted molar refractivity (Wildman–Crippen MR) is 115 cm³/mol. The summed E-state index contributed by atoms with van der Waals surface area (Å²) in [6.07, 6.45) is 1.92. The van der Waals surface area contributed by atoms with Gasteiger partial charge in [-0.15, -0.1) is 11.3 Å². The summed E-state index contributed by atoms with van der Waals surface area (Å²) in [5.41, 5.74) is 2.23. The zero-order valence-corrected chi connectivity index (χ0v) is 18.8. The number of nitrogens with one attached hydrogen (secondary N) is 1. The van der Waals surface area contributed by atoms with Crippen LogP contribution in [0.5, 0.6) is 0 Å². The van der Waals surface area contributed by atoms with Gasteiger partial charge in [0.2, 0.25) is 0 Å². The van der Waals surface area contributed by atoms with Crippen molar-refractivity contribution in [3.05, 3.63) is 45.4 Å². The van der Waals surface area contributed by atoms with Crippen LogP contribution in [-0.4, -0.2) is 60.2 Å². The van der Waals surface area contributed by atoms with E-state index in [1.165, 1.54) is 4.88 Å². The van der Waals surface area contributed by atoms with Crippen LogP contribution in [0.15, 0.2) is 23.6 Å². The number of nitrogens with zero attached hydrogens (tertiary/aromatic N) is 2. The molecule has 1 unspecified atom stereocenters. The normalized spacial score (nSPS) is 16.9. The third kappa shape index (κ3) is 4.99. The first-order chi connectivity index (χ1) is 14.1. The fourth-order valence-corrected chi connectivity index (χ4v) is 4.95. The van der Waals surface area contributed by atoms with Gasteiger partial charge in [0, 0.05) is 34.6 Å². The molecule has 0 saturated carbocycles. The minimum atomic E-state index is -3.26. The van der Waals surface area contributed by atoms with Crippen molar-refractivity contribution in [3.63, 3.8) is 0 Å². The number of carbonyl (C=O) groups excluding carboxylic acids is 3. The van der Waals surface area contributed by atoms with E-state index in [0.717, 1.165) is 35.5 Å². The summed E-state index contributed by atoms with van der Waals surface area (Å²) in [7, 11) is -3.26. The average Bonchev–Trinajstić information content (AvgIpc) is 3.34. The molecule has 1 atom stereocenters. The van der Waals surface area contributed by atoms with Crippen molar-refractivity contribution in [2.24, 2.45) is 0 Å². The number of carbonyl (C=O) groups is 3. The van der Waals surface area contributed by atoms with E-state index < -0.39 is 27.8 Å². The molecule has 1 aliphatic rings. The van der Waals surface area contributed by atoms with E-state index in [9.17, 15) is 22.8 Å². The summed E-state index contributed by atoms with van der Waals surface area (Å²) >= 11 is 1.69. The molecule has 1 aliphatic heterocycles. The molecule has 10 heteroatoms. The Kier molecular flexibility index (Phi) is 6.47. The number of ketones is 1. The lowest BCUT2D eigenvalue weighted by Gasteiger charge is -2.13. The van der Waals surface area contributed by atoms with Crippen molar-refractivity contribution in [3.8, 4) is 0 Å². The molecule has 8 nitrogen and oxygen atoms in total. The van der Waals surface area contributed by atoms with Crippen LogP contribution in [0.3, 0.4) is 0 Å². The van der Waals surface area contributed by atoms with E-state index >= 15 is 0 Å². The van der Waals surface area contributed by atoms with Gasteiger partial charge in [0.05, 0.1) is 12.3 Å². The first-order valence-corrected chi connectivity index (χ1v) is 12.5. The molecule has 0 bridgehead atoms. The van der Waals surface area contributed by atoms with Gasteiger partial charge in [0.25, 0.3) is 5.91 Å². The van der Waals surface area contributed by atoms with Gasteiger partial charge in [-0.2, -0.15) is 0 Å². The van der Waals surface area contributed by atoms with Crippen LogP contribution in [0.1, 0.15) is 33.0 Å². The molecule has 1 N–H and O–H groups in total. The molecule has 30 heavy (non-hydrogen) atoms. The second kappa shape index (κ2) is 8.73. The molecule has 1 fully saturated rings. The van der Waals surface area contributed by atoms with Crippen LogP contribution < -0.4 is 5.32 Å². The third-order valence-corrected chi connectivity index (χ3v) is 7.14. The van der Waals surface area contributed by atoms with Crippen LogP contribution in [-0.2, 0) is 27.6 Å². The molecule has 0 aromatic carbocycles. The Morgan fingerprint density at radius 1 is 1.27 bits per heavy atom. The Morgan fingerprint density at radius 3 is 2.63 bits per heavy atom. The highest BCUT2D eigenvalue weighted by molar-refractivity contribution is 7.90.